The second-order valence-corrected chi connectivity index (χ2v) is 12.4. The number of para-hydroxylation sites is 1. The van der Waals surface area contributed by atoms with Gasteiger partial charge in [0.1, 0.15) is 6.04 Å². The van der Waals surface area contributed by atoms with E-state index in [0.29, 0.717) is 23.6 Å². The zero-order chi connectivity index (χ0) is 27.6. The maximum absolute atomic E-state index is 14.6. The van der Waals surface area contributed by atoms with E-state index >= 15 is 0 Å². The number of esters is 1. The van der Waals surface area contributed by atoms with Gasteiger partial charge in [-0.2, -0.15) is 0 Å². The Kier molecular flexibility index (Phi) is 8.95. The molecule has 3 aliphatic rings. The lowest BCUT2D eigenvalue weighted by atomic mass is 9.66. The van der Waals surface area contributed by atoms with E-state index < -0.39 is 22.6 Å². The predicted octanol–water partition coefficient (Wildman–Crippen LogP) is 4.40. The Morgan fingerprint density at radius 1 is 1.32 bits per heavy atom. The number of amides is 2. The van der Waals surface area contributed by atoms with E-state index in [2.05, 4.69) is 20.1 Å². The van der Waals surface area contributed by atoms with Crippen molar-refractivity contribution in [1.82, 2.24) is 4.90 Å². The molecule has 206 valence electrons. The molecule has 6 atom stereocenters. The number of halogens is 1. The van der Waals surface area contributed by atoms with Gasteiger partial charge in [0.05, 0.1) is 33.9 Å². The first-order valence-corrected chi connectivity index (χ1v) is 14.5. The Labute approximate surface area is 234 Å². The number of carbonyl (C=O) groups is 3. The van der Waals surface area contributed by atoms with Gasteiger partial charge in [-0.25, -0.2) is 0 Å². The molecule has 38 heavy (non-hydrogen) atoms. The Balaban J connectivity index is 1.75. The molecule has 3 fully saturated rings. The Hall–Kier alpha value is -2.29. The Morgan fingerprint density at radius 2 is 2.08 bits per heavy atom. The molecule has 1 aromatic carbocycles. The predicted molar refractivity (Wildman–Crippen MR) is 151 cm³/mol. The third kappa shape index (κ3) is 4.69. The van der Waals surface area contributed by atoms with Crippen molar-refractivity contribution in [1.29, 1.82) is 0 Å². The van der Waals surface area contributed by atoms with Gasteiger partial charge in [-0.3, -0.25) is 14.4 Å². The molecule has 9 heteroatoms. The molecular formula is C29H37ClN2O5S. The average Bonchev–Trinajstić information content (AvgIpc) is 3.47. The standard InChI is InChI=1S/C29H37ClN2O5S/c1-5-7-8-16-37-28(36)22-21-17-19(4)29(38-21)23(22)26(34)32(14-10-15-33)25(29)27(35)31(13-6-2)24-18(3)11-9-12-20(24)30/h5-6,9,11-12,19,21-23,25,33H,1-2,7-8,10,13-17H2,3-4H3/t19?,21-,22+,23+,25?,29?/m1/s1. The Bertz CT molecular complexity index is 1090. The summed E-state index contributed by atoms with van der Waals surface area (Å²) in [4.78, 5) is 45.2. The molecule has 1 aromatic rings. The number of hydrogen-bond acceptors (Lipinski definition) is 6. The minimum Gasteiger partial charge on any atom is -0.465 e. The fourth-order valence-electron chi connectivity index (χ4n) is 6.58. The number of carbonyl (C=O) groups excluding carboxylic acids is 3. The molecule has 0 saturated carbocycles. The molecule has 0 aromatic heterocycles. The summed E-state index contributed by atoms with van der Waals surface area (Å²) in [6, 6.07) is 4.67. The summed E-state index contributed by atoms with van der Waals surface area (Å²) >= 11 is 8.20. The van der Waals surface area contributed by atoms with E-state index in [-0.39, 0.29) is 55.3 Å². The number of thioether (sulfide) groups is 1. The number of likely N-dealkylation sites (tertiary alicyclic amines) is 1. The molecule has 1 N–H and O–H groups in total. The largest absolute Gasteiger partial charge is 0.465 e. The van der Waals surface area contributed by atoms with Gasteiger partial charge >= 0.3 is 5.97 Å². The van der Waals surface area contributed by atoms with Crippen molar-refractivity contribution in [3.8, 4) is 0 Å². The maximum atomic E-state index is 14.6. The summed E-state index contributed by atoms with van der Waals surface area (Å²) < 4.78 is 4.86. The normalized spacial score (nSPS) is 29.3. The molecule has 3 saturated heterocycles. The summed E-state index contributed by atoms with van der Waals surface area (Å²) in [7, 11) is 0. The number of fused-ring (bicyclic) bond motifs is 1. The molecule has 0 radical (unpaired) electrons. The van der Waals surface area contributed by atoms with Crippen molar-refractivity contribution in [2.45, 2.75) is 55.6 Å². The lowest BCUT2D eigenvalue weighted by Gasteiger charge is -2.40. The van der Waals surface area contributed by atoms with Gasteiger partial charge < -0.3 is 19.6 Å². The topological polar surface area (TPSA) is 87.1 Å². The summed E-state index contributed by atoms with van der Waals surface area (Å²) in [5, 5.41) is 9.95. The van der Waals surface area contributed by atoms with Crippen LogP contribution in [0.25, 0.3) is 0 Å². The van der Waals surface area contributed by atoms with Crippen LogP contribution in [-0.4, -0.2) is 70.1 Å². The number of benzene rings is 1. The molecule has 2 amide bonds. The summed E-state index contributed by atoms with van der Waals surface area (Å²) in [6.07, 6.45) is 5.91. The van der Waals surface area contributed by atoms with E-state index in [1.165, 1.54) is 0 Å². The van der Waals surface area contributed by atoms with Crippen LogP contribution in [0.1, 0.15) is 38.2 Å². The van der Waals surface area contributed by atoms with Gasteiger partial charge in [-0.15, -0.1) is 24.9 Å². The second kappa shape index (κ2) is 11.8. The smallest absolute Gasteiger partial charge is 0.310 e. The summed E-state index contributed by atoms with van der Waals surface area (Å²) in [6.45, 7) is 12.2. The molecular weight excluding hydrogens is 524 g/mol. The van der Waals surface area contributed by atoms with Crippen LogP contribution in [0.2, 0.25) is 5.02 Å². The highest BCUT2D eigenvalue weighted by Crippen LogP contribution is 2.68. The highest BCUT2D eigenvalue weighted by molar-refractivity contribution is 8.02. The van der Waals surface area contributed by atoms with Crippen LogP contribution in [-0.2, 0) is 19.1 Å². The zero-order valence-corrected chi connectivity index (χ0v) is 23.7. The minimum atomic E-state index is -0.800. The van der Waals surface area contributed by atoms with E-state index in [1.807, 2.05) is 19.1 Å². The van der Waals surface area contributed by atoms with E-state index in [0.717, 1.165) is 18.4 Å². The van der Waals surface area contributed by atoms with Crippen LogP contribution < -0.4 is 4.90 Å². The minimum absolute atomic E-state index is 0.0299. The van der Waals surface area contributed by atoms with Crippen molar-refractivity contribution in [3.63, 3.8) is 0 Å². The van der Waals surface area contributed by atoms with Crippen molar-refractivity contribution >= 4 is 46.8 Å². The lowest BCUT2D eigenvalue weighted by Crippen LogP contribution is -2.57. The Morgan fingerprint density at radius 3 is 2.74 bits per heavy atom. The first-order valence-electron chi connectivity index (χ1n) is 13.3. The van der Waals surface area contributed by atoms with E-state index in [1.54, 1.807) is 39.8 Å². The summed E-state index contributed by atoms with van der Waals surface area (Å²) in [5.74, 6) is -2.03. The fourth-order valence-corrected chi connectivity index (χ4v) is 9.31. The first-order chi connectivity index (χ1) is 18.2. The van der Waals surface area contributed by atoms with Crippen LogP contribution >= 0.6 is 23.4 Å². The van der Waals surface area contributed by atoms with Crippen LogP contribution in [0, 0.1) is 24.7 Å². The maximum Gasteiger partial charge on any atom is 0.310 e. The monoisotopic (exact) mass is 560 g/mol. The van der Waals surface area contributed by atoms with Crippen LogP contribution in [0.3, 0.4) is 0 Å². The highest BCUT2D eigenvalue weighted by Gasteiger charge is 2.76. The average molecular weight is 561 g/mol. The van der Waals surface area contributed by atoms with Crippen molar-refractivity contribution in [3.05, 3.63) is 54.1 Å². The number of aryl methyl sites for hydroxylation is 1. The first kappa shape index (κ1) is 28.7. The number of aliphatic hydroxyl groups is 1. The molecule has 7 nitrogen and oxygen atoms in total. The van der Waals surface area contributed by atoms with Gasteiger partial charge in [0.25, 0.3) is 5.91 Å². The quantitative estimate of drug-likeness (QED) is 0.232. The molecule has 3 heterocycles. The number of aliphatic hydroxyl groups excluding tert-OH is 1. The number of ether oxygens (including phenoxy) is 1. The number of unbranched alkanes of at least 4 members (excludes halogenated alkanes) is 1. The lowest BCUT2D eigenvalue weighted by molar-refractivity contribution is -0.154. The molecule has 3 aliphatic heterocycles. The summed E-state index contributed by atoms with van der Waals surface area (Å²) in [5.41, 5.74) is 1.43. The van der Waals surface area contributed by atoms with Gasteiger partial charge in [0.15, 0.2) is 0 Å². The number of allylic oxidation sites excluding steroid dienone is 1. The van der Waals surface area contributed by atoms with Crippen molar-refractivity contribution in [2.24, 2.45) is 17.8 Å². The van der Waals surface area contributed by atoms with Crippen LogP contribution in [0.4, 0.5) is 5.69 Å². The second-order valence-electron chi connectivity index (χ2n) is 10.4. The number of anilines is 1. The zero-order valence-electron chi connectivity index (χ0n) is 22.1. The van der Waals surface area contributed by atoms with Gasteiger partial charge in [-0.1, -0.05) is 42.8 Å². The van der Waals surface area contributed by atoms with E-state index in [9.17, 15) is 19.5 Å². The van der Waals surface area contributed by atoms with Gasteiger partial charge in [0, 0.05) is 24.9 Å². The van der Waals surface area contributed by atoms with Crippen molar-refractivity contribution < 1.29 is 24.2 Å². The molecule has 1 spiro atoms. The van der Waals surface area contributed by atoms with E-state index in [4.69, 9.17) is 16.3 Å². The van der Waals surface area contributed by atoms with Crippen LogP contribution in [0.5, 0.6) is 0 Å². The third-order valence-corrected chi connectivity index (χ3v) is 10.5. The van der Waals surface area contributed by atoms with Crippen LogP contribution in [0.15, 0.2) is 43.5 Å². The third-order valence-electron chi connectivity index (χ3n) is 8.14. The molecule has 0 aliphatic carbocycles. The van der Waals surface area contributed by atoms with Gasteiger partial charge in [-0.05, 0) is 50.2 Å². The number of hydrogen-bond donors (Lipinski definition) is 1. The molecule has 4 rings (SSSR count). The number of rotatable bonds is 12. The molecule has 2 bridgehead atoms. The molecule has 3 unspecified atom stereocenters. The highest BCUT2D eigenvalue weighted by atomic mass is 35.5. The fraction of sp³-hybridized carbons (Fsp3) is 0.552. The number of nitrogens with zero attached hydrogens (tertiary/aromatic N) is 2. The SMILES string of the molecule is C=CCCCOC(=O)[C@@H]1[C@H]2C(=O)N(CCCO)C(C(=O)N(CC=C)c3c(C)cccc3Cl)C23S[C@@H]1CC3C. The van der Waals surface area contributed by atoms with Crippen molar-refractivity contribution in [2.75, 3.05) is 31.2 Å². The van der Waals surface area contributed by atoms with Gasteiger partial charge in [0.2, 0.25) is 5.91 Å².